The van der Waals surface area contributed by atoms with Gasteiger partial charge in [0.25, 0.3) is 5.91 Å². The largest absolute Gasteiger partial charge is 0.364 e. The van der Waals surface area contributed by atoms with E-state index in [9.17, 15) is 4.79 Å². The summed E-state index contributed by atoms with van der Waals surface area (Å²) in [5.74, 6) is -0.448. The third kappa shape index (κ3) is 2.51. The molecule has 3 aromatic rings. The standard InChI is InChI=1S/C19H20N6O/c1-12-16(10-23(2)22-12)13-3-4-14-8-18(19(21)26)25(17(14)7-13)15-5-6-24(9-15)11-20/h3-4,7-8,10,15H,5-6,9H2,1-2H3,(H2,21,26)/t15-/m1/s1. The van der Waals surface area contributed by atoms with Gasteiger partial charge >= 0.3 is 0 Å². The molecule has 1 amide bonds. The van der Waals surface area contributed by atoms with Crippen molar-refractivity contribution in [2.45, 2.75) is 19.4 Å². The Morgan fingerprint density at radius 3 is 2.81 bits per heavy atom. The van der Waals surface area contributed by atoms with Crippen molar-refractivity contribution in [1.29, 1.82) is 5.26 Å². The van der Waals surface area contributed by atoms with Crippen molar-refractivity contribution in [2.24, 2.45) is 12.8 Å². The third-order valence-electron chi connectivity index (χ3n) is 5.09. The maximum atomic E-state index is 12.0. The summed E-state index contributed by atoms with van der Waals surface area (Å²) in [5.41, 5.74) is 10.2. The average Bonchev–Trinajstić information content (AvgIpc) is 3.30. The SMILES string of the molecule is Cc1nn(C)cc1-c1ccc2cc(C(N)=O)n([C@@H]3CCN(C#N)C3)c2c1. The van der Waals surface area contributed by atoms with E-state index in [4.69, 9.17) is 11.0 Å². The van der Waals surface area contributed by atoms with Crippen LogP contribution in [0.2, 0.25) is 0 Å². The fourth-order valence-electron chi connectivity index (χ4n) is 3.90. The minimum Gasteiger partial charge on any atom is -0.364 e. The molecule has 2 aromatic heterocycles. The molecule has 1 atom stereocenters. The number of aryl methyl sites for hydroxylation is 2. The van der Waals surface area contributed by atoms with Gasteiger partial charge in [-0.15, -0.1) is 0 Å². The Morgan fingerprint density at radius 1 is 1.38 bits per heavy atom. The molecule has 0 bridgehead atoms. The van der Waals surface area contributed by atoms with E-state index < -0.39 is 5.91 Å². The highest BCUT2D eigenvalue weighted by Crippen LogP contribution is 2.33. The first kappa shape index (κ1) is 16.2. The van der Waals surface area contributed by atoms with E-state index in [1.165, 1.54) is 0 Å². The van der Waals surface area contributed by atoms with Crippen LogP contribution in [0.25, 0.3) is 22.0 Å². The highest BCUT2D eigenvalue weighted by atomic mass is 16.1. The fourth-order valence-corrected chi connectivity index (χ4v) is 3.90. The molecule has 7 heteroatoms. The first-order valence-corrected chi connectivity index (χ1v) is 8.58. The van der Waals surface area contributed by atoms with Crippen LogP contribution in [-0.2, 0) is 7.05 Å². The number of carbonyl (C=O) groups is 1. The zero-order valence-corrected chi connectivity index (χ0v) is 14.8. The van der Waals surface area contributed by atoms with Gasteiger partial charge in [-0.3, -0.25) is 9.48 Å². The van der Waals surface area contributed by atoms with Crippen LogP contribution in [0.3, 0.4) is 0 Å². The summed E-state index contributed by atoms with van der Waals surface area (Å²) in [4.78, 5) is 13.7. The lowest BCUT2D eigenvalue weighted by Crippen LogP contribution is -2.22. The minimum atomic E-state index is -0.448. The number of carbonyl (C=O) groups excluding carboxylic acids is 1. The molecule has 0 radical (unpaired) electrons. The number of nitriles is 1. The van der Waals surface area contributed by atoms with Crippen LogP contribution in [0, 0.1) is 18.4 Å². The zero-order chi connectivity index (χ0) is 18.4. The smallest absolute Gasteiger partial charge is 0.265 e. The van der Waals surface area contributed by atoms with Gasteiger partial charge in [0.05, 0.1) is 11.7 Å². The molecule has 1 aliphatic rings. The summed E-state index contributed by atoms with van der Waals surface area (Å²) < 4.78 is 3.80. The number of hydrogen-bond acceptors (Lipinski definition) is 4. The Bertz CT molecular complexity index is 1050. The molecular formula is C19H20N6O. The molecule has 2 N–H and O–H groups in total. The maximum absolute atomic E-state index is 12.0. The van der Waals surface area contributed by atoms with Crippen LogP contribution >= 0.6 is 0 Å². The molecule has 3 heterocycles. The zero-order valence-electron chi connectivity index (χ0n) is 14.8. The molecule has 0 aliphatic carbocycles. The second kappa shape index (κ2) is 5.92. The van der Waals surface area contributed by atoms with Crippen LogP contribution in [0.15, 0.2) is 30.5 Å². The van der Waals surface area contributed by atoms with Crippen molar-refractivity contribution in [3.63, 3.8) is 0 Å². The topological polar surface area (TPSA) is 92.9 Å². The number of nitrogens with zero attached hydrogens (tertiary/aromatic N) is 5. The van der Waals surface area contributed by atoms with Gasteiger partial charge in [-0.05, 0) is 31.0 Å². The highest BCUT2D eigenvalue weighted by molar-refractivity contribution is 5.99. The van der Waals surface area contributed by atoms with Gasteiger partial charge in [0.2, 0.25) is 0 Å². The van der Waals surface area contributed by atoms with Crippen LogP contribution in [-0.4, -0.2) is 38.2 Å². The van der Waals surface area contributed by atoms with Gasteiger partial charge in [0.1, 0.15) is 5.69 Å². The average molecular weight is 348 g/mol. The molecule has 1 saturated heterocycles. The number of amides is 1. The Labute approximate surface area is 151 Å². The molecule has 0 saturated carbocycles. The van der Waals surface area contributed by atoms with E-state index >= 15 is 0 Å². The maximum Gasteiger partial charge on any atom is 0.265 e. The molecule has 132 valence electrons. The van der Waals surface area contributed by atoms with Crippen molar-refractivity contribution < 1.29 is 4.79 Å². The molecular weight excluding hydrogens is 328 g/mol. The summed E-state index contributed by atoms with van der Waals surface area (Å²) in [6, 6.07) is 8.03. The lowest BCUT2D eigenvalue weighted by Gasteiger charge is -2.17. The van der Waals surface area contributed by atoms with Gasteiger partial charge in [0.15, 0.2) is 6.19 Å². The molecule has 1 aliphatic heterocycles. The van der Waals surface area contributed by atoms with Gasteiger partial charge in [-0.2, -0.15) is 10.4 Å². The first-order chi connectivity index (χ1) is 12.5. The van der Waals surface area contributed by atoms with Gasteiger partial charge in [-0.1, -0.05) is 12.1 Å². The van der Waals surface area contributed by atoms with Crippen LogP contribution < -0.4 is 5.73 Å². The summed E-state index contributed by atoms with van der Waals surface area (Å²) >= 11 is 0. The normalized spacial score (nSPS) is 17.0. The van der Waals surface area contributed by atoms with Crippen molar-refractivity contribution in [3.8, 4) is 17.3 Å². The van der Waals surface area contributed by atoms with Crippen LogP contribution in [0.5, 0.6) is 0 Å². The predicted octanol–water partition coefficient (Wildman–Crippen LogP) is 2.18. The molecule has 0 spiro atoms. The molecule has 1 aromatic carbocycles. The predicted molar refractivity (Wildman–Crippen MR) is 98.2 cm³/mol. The van der Waals surface area contributed by atoms with E-state index in [0.717, 1.165) is 34.1 Å². The summed E-state index contributed by atoms with van der Waals surface area (Å²) in [7, 11) is 1.90. The number of benzene rings is 1. The second-order valence-corrected chi connectivity index (χ2v) is 6.83. The van der Waals surface area contributed by atoms with Gasteiger partial charge in [0, 0.05) is 42.8 Å². The van der Waals surface area contributed by atoms with E-state index in [2.05, 4.69) is 17.4 Å². The highest BCUT2D eigenvalue weighted by Gasteiger charge is 2.27. The third-order valence-corrected chi connectivity index (χ3v) is 5.09. The number of nitrogens with two attached hydrogens (primary N) is 1. The van der Waals surface area contributed by atoms with E-state index in [1.54, 1.807) is 9.58 Å². The summed E-state index contributed by atoms with van der Waals surface area (Å²) in [6.07, 6.45) is 5.00. The van der Waals surface area contributed by atoms with Crippen LogP contribution in [0.4, 0.5) is 0 Å². The quantitative estimate of drug-likeness (QED) is 0.734. The molecule has 26 heavy (non-hydrogen) atoms. The first-order valence-electron chi connectivity index (χ1n) is 8.58. The Hall–Kier alpha value is -3.27. The number of fused-ring (bicyclic) bond motifs is 1. The Morgan fingerprint density at radius 2 is 2.19 bits per heavy atom. The Balaban J connectivity index is 1.89. The van der Waals surface area contributed by atoms with Crippen LogP contribution in [0.1, 0.15) is 28.6 Å². The number of aromatic nitrogens is 3. The van der Waals surface area contributed by atoms with E-state index in [-0.39, 0.29) is 6.04 Å². The van der Waals surface area contributed by atoms with E-state index in [1.807, 2.05) is 42.9 Å². The summed E-state index contributed by atoms with van der Waals surface area (Å²) in [5, 5.41) is 14.6. The molecule has 1 fully saturated rings. The molecule has 4 rings (SSSR count). The number of hydrogen-bond donors (Lipinski definition) is 1. The number of rotatable bonds is 3. The van der Waals surface area contributed by atoms with Crippen molar-refractivity contribution in [3.05, 3.63) is 41.9 Å². The minimum absolute atomic E-state index is 0.0555. The van der Waals surface area contributed by atoms with E-state index in [0.29, 0.717) is 18.8 Å². The lowest BCUT2D eigenvalue weighted by molar-refractivity contribution is 0.0990. The van der Waals surface area contributed by atoms with Crippen molar-refractivity contribution >= 4 is 16.8 Å². The molecule has 0 unspecified atom stereocenters. The van der Waals surface area contributed by atoms with Crippen molar-refractivity contribution in [2.75, 3.05) is 13.1 Å². The van der Waals surface area contributed by atoms with Crippen molar-refractivity contribution in [1.82, 2.24) is 19.2 Å². The lowest BCUT2D eigenvalue weighted by atomic mass is 10.1. The monoisotopic (exact) mass is 348 g/mol. The second-order valence-electron chi connectivity index (χ2n) is 6.83. The number of primary amides is 1. The fraction of sp³-hybridized carbons (Fsp3) is 0.316. The summed E-state index contributed by atoms with van der Waals surface area (Å²) in [6.45, 7) is 3.27. The number of likely N-dealkylation sites (tertiary alicyclic amines) is 1. The Kier molecular flexibility index (Phi) is 3.69. The van der Waals surface area contributed by atoms with Gasteiger partial charge < -0.3 is 15.2 Å². The molecule has 7 nitrogen and oxygen atoms in total. The van der Waals surface area contributed by atoms with Gasteiger partial charge in [-0.25, -0.2) is 0 Å².